The van der Waals surface area contributed by atoms with Crippen molar-refractivity contribution in [1.82, 2.24) is 0 Å². The highest BCUT2D eigenvalue weighted by molar-refractivity contribution is 5.31. The van der Waals surface area contributed by atoms with Gasteiger partial charge in [-0.1, -0.05) is 91.0 Å². The van der Waals surface area contributed by atoms with E-state index < -0.39 is 29.7 Å². The second-order valence-corrected chi connectivity index (χ2v) is 8.54. The molecule has 2 heterocycles. The van der Waals surface area contributed by atoms with Crippen LogP contribution in [-0.4, -0.2) is 35.8 Å². The molecule has 1 N–H and O–H groups in total. The Morgan fingerprint density at radius 1 is 0.781 bits per heavy atom. The van der Waals surface area contributed by atoms with Crippen molar-refractivity contribution in [3.8, 4) is 0 Å². The predicted octanol–water partition coefficient (Wildman–Crippen LogP) is 4.19. The SMILES string of the molecule is C[C@@]12OC[C@@H](O)[C@](c3ccccc3)(O1)[C@H](OCc1ccccc1)[C@H]2OCc1ccccc1. The Morgan fingerprint density at radius 2 is 1.28 bits per heavy atom. The van der Waals surface area contributed by atoms with Gasteiger partial charge >= 0.3 is 0 Å². The number of benzene rings is 3. The summed E-state index contributed by atoms with van der Waals surface area (Å²) in [5.74, 6) is -1.05. The van der Waals surface area contributed by atoms with Crippen LogP contribution in [0.4, 0.5) is 0 Å². The molecule has 5 heteroatoms. The summed E-state index contributed by atoms with van der Waals surface area (Å²) in [6.07, 6.45) is -2.01. The first-order valence-electron chi connectivity index (χ1n) is 11.0. The highest BCUT2D eigenvalue weighted by Crippen LogP contribution is 2.53. The van der Waals surface area contributed by atoms with Gasteiger partial charge in [-0.2, -0.15) is 0 Å². The molecule has 2 aliphatic rings. The van der Waals surface area contributed by atoms with Crippen LogP contribution in [0.15, 0.2) is 91.0 Å². The van der Waals surface area contributed by atoms with Crippen molar-refractivity contribution in [3.63, 3.8) is 0 Å². The third-order valence-electron chi connectivity index (χ3n) is 6.38. The van der Waals surface area contributed by atoms with Crippen molar-refractivity contribution in [2.75, 3.05) is 6.61 Å². The molecule has 0 aromatic heterocycles. The zero-order valence-corrected chi connectivity index (χ0v) is 18.1. The van der Waals surface area contributed by atoms with Gasteiger partial charge in [-0.25, -0.2) is 0 Å². The monoisotopic (exact) mass is 432 g/mol. The summed E-state index contributed by atoms with van der Waals surface area (Å²) in [4.78, 5) is 0. The molecule has 0 radical (unpaired) electrons. The summed E-state index contributed by atoms with van der Waals surface area (Å²) in [5.41, 5.74) is 1.85. The molecule has 0 spiro atoms. The van der Waals surface area contributed by atoms with Gasteiger partial charge in [0.15, 0.2) is 11.4 Å². The third-order valence-corrected chi connectivity index (χ3v) is 6.38. The van der Waals surface area contributed by atoms with E-state index in [4.69, 9.17) is 18.9 Å². The number of fused-ring (bicyclic) bond motifs is 2. The standard InChI is InChI=1S/C27H28O5/c1-26-24(29-17-20-11-5-2-6-12-20)25(30-18-21-13-7-3-8-14-21)27(32-26,23(28)19-31-26)22-15-9-4-10-16-22/h2-16,23-25,28H,17-19H2,1H3/t23-,24-,25-,26-,27+/m1/s1. The number of rotatable bonds is 7. The normalized spacial score (nSPS) is 31.5. The lowest BCUT2D eigenvalue weighted by atomic mass is 9.82. The minimum absolute atomic E-state index is 0.141. The van der Waals surface area contributed by atoms with E-state index in [2.05, 4.69) is 0 Å². The van der Waals surface area contributed by atoms with Crippen molar-refractivity contribution < 1.29 is 24.1 Å². The highest BCUT2D eigenvalue weighted by Gasteiger charge is 2.69. The quantitative estimate of drug-likeness (QED) is 0.607. The summed E-state index contributed by atoms with van der Waals surface area (Å²) in [6, 6.07) is 29.7. The average Bonchev–Trinajstić information content (AvgIpc) is 3.06. The first-order valence-corrected chi connectivity index (χ1v) is 11.0. The van der Waals surface area contributed by atoms with Gasteiger partial charge in [0, 0.05) is 0 Å². The molecule has 2 saturated heterocycles. The summed E-state index contributed by atoms with van der Waals surface area (Å²) < 4.78 is 25.5. The maximum Gasteiger partial charge on any atom is 0.195 e. The van der Waals surface area contributed by atoms with E-state index in [0.29, 0.717) is 13.2 Å². The van der Waals surface area contributed by atoms with Crippen LogP contribution < -0.4 is 0 Å². The summed E-state index contributed by atoms with van der Waals surface area (Å²) in [6.45, 7) is 2.78. The van der Waals surface area contributed by atoms with E-state index in [-0.39, 0.29) is 6.61 Å². The molecule has 5 atom stereocenters. The molecule has 0 saturated carbocycles. The Hall–Kier alpha value is -2.54. The van der Waals surface area contributed by atoms with E-state index in [1.54, 1.807) is 0 Å². The van der Waals surface area contributed by atoms with Crippen LogP contribution >= 0.6 is 0 Å². The number of hydrogen-bond acceptors (Lipinski definition) is 5. The van der Waals surface area contributed by atoms with Crippen LogP contribution in [-0.2, 0) is 37.8 Å². The molecule has 0 aliphatic carbocycles. The maximum atomic E-state index is 11.2. The largest absolute Gasteiger partial charge is 0.387 e. The average molecular weight is 433 g/mol. The van der Waals surface area contributed by atoms with Gasteiger partial charge in [-0.05, 0) is 23.6 Å². The molecule has 32 heavy (non-hydrogen) atoms. The molecule has 166 valence electrons. The van der Waals surface area contributed by atoms with E-state index in [1.165, 1.54) is 0 Å². The first-order chi connectivity index (χ1) is 15.6. The van der Waals surface area contributed by atoms with Gasteiger partial charge in [-0.3, -0.25) is 0 Å². The van der Waals surface area contributed by atoms with Gasteiger partial charge in [0.2, 0.25) is 0 Å². The zero-order chi connectivity index (χ0) is 22.0. The Labute approximate surface area is 188 Å². The third kappa shape index (κ3) is 3.76. The molecule has 3 aromatic carbocycles. The Kier molecular flexibility index (Phi) is 5.84. The molecular formula is C27H28O5. The van der Waals surface area contributed by atoms with Gasteiger partial charge in [-0.15, -0.1) is 0 Å². The maximum absolute atomic E-state index is 11.2. The van der Waals surface area contributed by atoms with Crippen molar-refractivity contribution in [1.29, 1.82) is 0 Å². The predicted molar refractivity (Wildman–Crippen MR) is 120 cm³/mol. The zero-order valence-electron chi connectivity index (χ0n) is 18.1. The fourth-order valence-electron chi connectivity index (χ4n) is 4.77. The fraction of sp³-hybridized carbons (Fsp3) is 0.333. The topological polar surface area (TPSA) is 57.2 Å². The highest BCUT2D eigenvalue weighted by atomic mass is 16.8. The number of hydrogen-bond donors (Lipinski definition) is 1. The lowest BCUT2D eigenvalue weighted by Crippen LogP contribution is -2.54. The first kappa shape index (κ1) is 21.3. The molecule has 5 nitrogen and oxygen atoms in total. The molecule has 2 bridgehead atoms. The van der Waals surface area contributed by atoms with Crippen LogP contribution in [0.5, 0.6) is 0 Å². The van der Waals surface area contributed by atoms with E-state index in [0.717, 1.165) is 16.7 Å². The second kappa shape index (κ2) is 8.77. The van der Waals surface area contributed by atoms with Crippen LogP contribution in [0.1, 0.15) is 23.6 Å². The number of aliphatic hydroxyl groups excluding tert-OH is 1. The van der Waals surface area contributed by atoms with Gasteiger partial charge in [0.1, 0.15) is 18.3 Å². The van der Waals surface area contributed by atoms with Crippen molar-refractivity contribution in [2.45, 2.75) is 49.8 Å². The van der Waals surface area contributed by atoms with Gasteiger partial charge in [0.05, 0.1) is 19.8 Å². The van der Waals surface area contributed by atoms with Gasteiger partial charge in [0.25, 0.3) is 0 Å². The van der Waals surface area contributed by atoms with Gasteiger partial charge < -0.3 is 24.1 Å². The Balaban J connectivity index is 1.51. The van der Waals surface area contributed by atoms with Crippen molar-refractivity contribution in [2.24, 2.45) is 0 Å². The molecule has 5 rings (SSSR count). The second-order valence-electron chi connectivity index (χ2n) is 8.54. The molecule has 2 fully saturated rings. The minimum atomic E-state index is -1.09. The van der Waals surface area contributed by atoms with Crippen molar-refractivity contribution >= 4 is 0 Å². The molecule has 2 aliphatic heterocycles. The van der Waals surface area contributed by atoms with Crippen LogP contribution in [0.3, 0.4) is 0 Å². The Morgan fingerprint density at radius 3 is 1.84 bits per heavy atom. The lowest BCUT2D eigenvalue weighted by Gasteiger charge is -2.43. The lowest BCUT2D eigenvalue weighted by molar-refractivity contribution is -0.337. The number of aliphatic hydroxyl groups is 1. The Bertz CT molecular complexity index is 1010. The van der Waals surface area contributed by atoms with Crippen LogP contribution in [0.25, 0.3) is 0 Å². The summed E-state index contributed by atoms with van der Waals surface area (Å²) >= 11 is 0. The van der Waals surface area contributed by atoms with E-state index in [9.17, 15) is 5.11 Å². The molecular weight excluding hydrogens is 404 g/mol. The van der Waals surface area contributed by atoms with Crippen molar-refractivity contribution in [3.05, 3.63) is 108 Å². The molecule has 3 aromatic rings. The molecule has 0 unspecified atom stereocenters. The smallest absolute Gasteiger partial charge is 0.195 e. The summed E-state index contributed by atoms with van der Waals surface area (Å²) in [5, 5.41) is 11.2. The van der Waals surface area contributed by atoms with Crippen LogP contribution in [0.2, 0.25) is 0 Å². The van der Waals surface area contributed by atoms with E-state index >= 15 is 0 Å². The molecule has 0 amide bonds. The summed E-state index contributed by atoms with van der Waals surface area (Å²) in [7, 11) is 0. The van der Waals surface area contributed by atoms with E-state index in [1.807, 2.05) is 97.9 Å². The fourth-order valence-corrected chi connectivity index (χ4v) is 4.77. The number of ether oxygens (including phenoxy) is 4. The van der Waals surface area contributed by atoms with Crippen LogP contribution in [0, 0.1) is 0 Å². The minimum Gasteiger partial charge on any atom is -0.387 e.